The van der Waals surface area contributed by atoms with Gasteiger partial charge in [-0.1, -0.05) is 0 Å². The number of rotatable bonds is 2. The molecule has 2 spiro atoms. The molecule has 25 heavy (non-hydrogen) atoms. The van der Waals surface area contributed by atoms with E-state index in [4.69, 9.17) is 25.8 Å². The molecule has 1 aromatic rings. The van der Waals surface area contributed by atoms with E-state index in [0.29, 0.717) is 0 Å². The van der Waals surface area contributed by atoms with Crippen molar-refractivity contribution < 1.29 is 19.3 Å². The molecule has 136 valence electrons. The molecule has 2 saturated heterocycles. The lowest BCUT2D eigenvalue weighted by atomic mass is 9.94. The zero-order valence-electron chi connectivity index (χ0n) is 13.7. The van der Waals surface area contributed by atoms with Gasteiger partial charge in [0.25, 0.3) is 5.56 Å². The van der Waals surface area contributed by atoms with Gasteiger partial charge in [0.1, 0.15) is 17.3 Å². The first-order valence-corrected chi connectivity index (χ1v) is 9.01. The van der Waals surface area contributed by atoms with Crippen LogP contribution in [-0.4, -0.2) is 49.2 Å². The van der Waals surface area contributed by atoms with E-state index in [-0.39, 0.29) is 5.88 Å². The van der Waals surface area contributed by atoms with Gasteiger partial charge in [0, 0.05) is 25.1 Å². The van der Waals surface area contributed by atoms with Crippen molar-refractivity contribution in [1.82, 2.24) is 9.55 Å². The Hall–Kier alpha value is -1.19. The molecule has 5 atom stereocenters. The van der Waals surface area contributed by atoms with Crippen LogP contribution in [0.3, 0.4) is 0 Å². The quantitative estimate of drug-likeness (QED) is 0.722. The van der Waals surface area contributed by atoms with E-state index in [9.17, 15) is 14.7 Å². The fourth-order valence-corrected chi connectivity index (χ4v) is 5.53. The Morgan fingerprint density at radius 2 is 2.08 bits per heavy atom. The van der Waals surface area contributed by atoms with Crippen molar-refractivity contribution in [2.45, 2.75) is 67.5 Å². The standard InChI is InChI=1S/C16H19ClN2O6/c1-13-11(19-7-4-9(20)18-12(19)22)23-15(8-17)10(21)16(13,15)25-14(24-13)5-2-3-6-14/h4,7,10-11,21H,2-3,5-6,8H2,1H3,(H,18,20,22)/t10?,11-,13+,15-,16+/m1/s1. The van der Waals surface area contributed by atoms with Crippen molar-refractivity contribution in [3.05, 3.63) is 33.1 Å². The van der Waals surface area contributed by atoms with Gasteiger partial charge < -0.3 is 19.3 Å². The number of aliphatic hydroxyl groups is 1. The number of aromatic nitrogens is 2. The minimum absolute atomic E-state index is 0.0117. The Bertz CT molecular complexity index is 863. The van der Waals surface area contributed by atoms with Crippen molar-refractivity contribution >= 4 is 11.6 Å². The average Bonchev–Trinajstić information content (AvgIpc) is 2.94. The molecule has 2 aliphatic heterocycles. The molecule has 2 N–H and O–H groups in total. The maximum atomic E-state index is 12.3. The predicted molar refractivity (Wildman–Crippen MR) is 85.4 cm³/mol. The second kappa shape index (κ2) is 4.55. The molecule has 0 aromatic carbocycles. The minimum Gasteiger partial charge on any atom is -0.387 e. The maximum absolute atomic E-state index is 12.3. The number of hydrogen-bond acceptors (Lipinski definition) is 6. The number of hydrogen-bond donors (Lipinski definition) is 2. The minimum atomic E-state index is -1.13. The second-order valence-corrected chi connectivity index (χ2v) is 7.85. The first-order chi connectivity index (χ1) is 11.8. The summed E-state index contributed by atoms with van der Waals surface area (Å²) in [4.78, 5) is 25.9. The summed E-state index contributed by atoms with van der Waals surface area (Å²) < 4.78 is 20.1. The molecule has 1 aromatic heterocycles. The van der Waals surface area contributed by atoms with E-state index in [1.54, 1.807) is 6.92 Å². The molecule has 4 fully saturated rings. The molecule has 3 heterocycles. The van der Waals surface area contributed by atoms with Gasteiger partial charge in [-0.25, -0.2) is 4.79 Å². The van der Waals surface area contributed by atoms with E-state index in [0.717, 1.165) is 25.7 Å². The Kier molecular flexibility index (Phi) is 2.92. The molecule has 1 unspecified atom stereocenters. The van der Waals surface area contributed by atoms with Gasteiger partial charge in [0.2, 0.25) is 0 Å². The van der Waals surface area contributed by atoms with Crippen LogP contribution in [0.1, 0.15) is 38.8 Å². The molecule has 9 heteroatoms. The first kappa shape index (κ1) is 16.0. The molecule has 2 aliphatic carbocycles. The van der Waals surface area contributed by atoms with Crippen molar-refractivity contribution in [2.24, 2.45) is 0 Å². The van der Waals surface area contributed by atoms with Crippen LogP contribution < -0.4 is 11.2 Å². The number of nitrogens with zero attached hydrogens (tertiary/aromatic N) is 1. The number of halogens is 1. The summed E-state index contributed by atoms with van der Waals surface area (Å²) in [6.07, 6.45) is 2.97. The largest absolute Gasteiger partial charge is 0.387 e. The fourth-order valence-electron chi connectivity index (χ4n) is 5.12. The normalized spacial score (nSPS) is 46.4. The van der Waals surface area contributed by atoms with Gasteiger partial charge in [-0.3, -0.25) is 14.3 Å². The van der Waals surface area contributed by atoms with E-state index >= 15 is 0 Å². The molecular formula is C16H19ClN2O6. The van der Waals surface area contributed by atoms with Crippen LogP contribution in [0.25, 0.3) is 0 Å². The summed E-state index contributed by atoms with van der Waals surface area (Å²) in [6, 6.07) is 1.25. The second-order valence-electron chi connectivity index (χ2n) is 7.58. The van der Waals surface area contributed by atoms with Crippen LogP contribution in [-0.2, 0) is 14.2 Å². The Morgan fingerprint density at radius 1 is 1.36 bits per heavy atom. The smallest absolute Gasteiger partial charge is 0.330 e. The molecule has 0 bridgehead atoms. The van der Waals surface area contributed by atoms with E-state index in [2.05, 4.69) is 4.98 Å². The number of ether oxygens (including phenoxy) is 3. The van der Waals surface area contributed by atoms with Crippen molar-refractivity contribution in [1.29, 1.82) is 0 Å². The van der Waals surface area contributed by atoms with Gasteiger partial charge in [-0.05, 0) is 19.8 Å². The summed E-state index contributed by atoms with van der Waals surface area (Å²) in [5.74, 6) is -0.769. The van der Waals surface area contributed by atoms with Gasteiger partial charge in [0.05, 0.1) is 5.88 Å². The monoisotopic (exact) mass is 370 g/mol. The van der Waals surface area contributed by atoms with Crippen LogP contribution >= 0.6 is 11.6 Å². The summed E-state index contributed by atoms with van der Waals surface area (Å²) in [5.41, 5.74) is -4.45. The SMILES string of the molecule is C[C@@]12OC3(CCCC3)O[C@@]13C(O)[C@@]3(CCl)O[C@H]2n1ccc(=O)[nH]c1=O. The Balaban J connectivity index is 1.66. The molecule has 2 saturated carbocycles. The van der Waals surface area contributed by atoms with Crippen LogP contribution in [0.4, 0.5) is 0 Å². The highest BCUT2D eigenvalue weighted by atomic mass is 35.5. The maximum Gasteiger partial charge on any atom is 0.330 e. The summed E-state index contributed by atoms with van der Waals surface area (Å²) in [5, 5.41) is 10.7. The Labute approximate surface area is 147 Å². The highest BCUT2D eigenvalue weighted by Crippen LogP contribution is 2.76. The number of H-pyrrole nitrogens is 1. The van der Waals surface area contributed by atoms with Crippen molar-refractivity contribution in [3.63, 3.8) is 0 Å². The molecule has 4 aliphatic rings. The fraction of sp³-hybridized carbons (Fsp3) is 0.750. The lowest BCUT2D eigenvalue weighted by Gasteiger charge is -2.34. The van der Waals surface area contributed by atoms with Crippen molar-refractivity contribution in [2.75, 3.05) is 5.88 Å². The zero-order valence-corrected chi connectivity index (χ0v) is 14.4. The molecule has 8 nitrogen and oxygen atoms in total. The van der Waals surface area contributed by atoms with Gasteiger partial charge in [-0.15, -0.1) is 11.6 Å². The highest BCUT2D eigenvalue weighted by molar-refractivity contribution is 6.19. The first-order valence-electron chi connectivity index (χ1n) is 8.48. The molecule has 5 rings (SSSR count). The summed E-state index contributed by atoms with van der Waals surface area (Å²) in [7, 11) is 0. The number of aliphatic hydroxyl groups excluding tert-OH is 1. The predicted octanol–water partition coefficient (Wildman–Crippen LogP) is 0.232. The van der Waals surface area contributed by atoms with E-state index in [1.807, 2.05) is 0 Å². The van der Waals surface area contributed by atoms with Crippen LogP contribution in [0, 0.1) is 0 Å². The van der Waals surface area contributed by atoms with Gasteiger partial charge in [-0.2, -0.15) is 0 Å². The number of nitrogens with one attached hydrogen (secondary N) is 1. The Morgan fingerprint density at radius 3 is 2.72 bits per heavy atom. The third-order valence-corrected chi connectivity index (χ3v) is 6.71. The van der Waals surface area contributed by atoms with Gasteiger partial charge in [0.15, 0.2) is 17.6 Å². The third kappa shape index (κ3) is 1.59. The topological polar surface area (TPSA) is 103 Å². The lowest BCUT2D eigenvalue weighted by molar-refractivity contribution is -0.231. The van der Waals surface area contributed by atoms with E-state index in [1.165, 1.54) is 16.8 Å². The van der Waals surface area contributed by atoms with E-state index < -0.39 is 46.2 Å². The van der Waals surface area contributed by atoms with Gasteiger partial charge >= 0.3 is 5.69 Å². The number of aromatic amines is 1. The lowest BCUT2D eigenvalue weighted by Crippen LogP contribution is -2.49. The molecular weight excluding hydrogens is 352 g/mol. The highest BCUT2D eigenvalue weighted by Gasteiger charge is 2.97. The van der Waals surface area contributed by atoms with Crippen LogP contribution in [0.15, 0.2) is 21.9 Å². The van der Waals surface area contributed by atoms with Crippen LogP contribution in [0.5, 0.6) is 0 Å². The van der Waals surface area contributed by atoms with Crippen molar-refractivity contribution in [3.8, 4) is 0 Å². The summed E-state index contributed by atoms with van der Waals surface area (Å²) in [6.45, 7) is 1.78. The molecule has 0 amide bonds. The average molecular weight is 371 g/mol. The zero-order chi connectivity index (χ0) is 17.7. The third-order valence-electron chi connectivity index (χ3n) is 6.32. The van der Waals surface area contributed by atoms with Crippen LogP contribution in [0.2, 0.25) is 0 Å². The number of alkyl halides is 1. The molecule has 0 radical (unpaired) electrons. The summed E-state index contributed by atoms with van der Waals surface area (Å²) >= 11 is 6.16.